The van der Waals surface area contributed by atoms with E-state index >= 15 is 0 Å². The molecular weight excluding hydrogens is 278 g/mol. The number of hydrogen-bond donors (Lipinski definition) is 1. The standard InChI is InChI=1S/C14H20BrNO/c1-10-7-13(15)9-12(14(10)17-2)8-11-3-5-16-6-4-11/h7,9,11,16H,3-6,8H2,1-2H3. The smallest absolute Gasteiger partial charge is 0.125 e. The van der Waals surface area contributed by atoms with Gasteiger partial charge in [0.2, 0.25) is 0 Å². The molecule has 1 saturated heterocycles. The summed E-state index contributed by atoms with van der Waals surface area (Å²) in [5, 5.41) is 3.41. The van der Waals surface area contributed by atoms with Crippen LogP contribution in [-0.4, -0.2) is 20.2 Å². The number of rotatable bonds is 3. The van der Waals surface area contributed by atoms with Crippen molar-refractivity contribution < 1.29 is 4.74 Å². The van der Waals surface area contributed by atoms with E-state index in [1.165, 1.54) is 24.0 Å². The molecule has 0 aliphatic carbocycles. The van der Waals surface area contributed by atoms with Crippen molar-refractivity contribution in [3.63, 3.8) is 0 Å². The normalized spacial score (nSPS) is 17.1. The van der Waals surface area contributed by atoms with Gasteiger partial charge in [0.15, 0.2) is 0 Å². The first-order valence-electron chi connectivity index (χ1n) is 6.24. The maximum Gasteiger partial charge on any atom is 0.125 e. The predicted octanol–water partition coefficient (Wildman–Crippen LogP) is 3.31. The third-order valence-corrected chi connectivity index (χ3v) is 3.95. The maximum atomic E-state index is 5.54. The largest absolute Gasteiger partial charge is 0.496 e. The highest BCUT2D eigenvalue weighted by Crippen LogP contribution is 2.31. The van der Waals surface area contributed by atoms with E-state index in [0.717, 1.165) is 35.7 Å². The summed E-state index contributed by atoms with van der Waals surface area (Å²) < 4.78 is 6.69. The molecule has 0 saturated carbocycles. The van der Waals surface area contributed by atoms with E-state index < -0.39 is 0 Å². The Kier molecular flexibility index (Phi) is 4.46. The summed E-state index contributed by atoms with van der Waals surface area (Å²) in [6.45, 7) is 4.41. The lowest BCUT2D eigenvalue weighted by molar-refractivity contribution is 0.360. The summed E-state index contributed by atoms with van der Waals surface area (Å²) in [5.74, 6) is 1.85. The minimum absolute atomic E-state index is 0.791. The molecular formula is C14H20BrNO. The fraction of sp³-hybridized carbons (Fsp3) is 0.571. The highest BCUT2D eigenvalue weighted by Gasteiger charge is 2.17. The van der Waals surface area contributed by atoms with Gasteiger partial charge in [-0.3, -0.25) is 0 Å². The molecule has 2 rings (SSSR count). The highest BCUT2D eigenvalue weighted by atomic mass is 79.9. The van der Waals surface area contributed by atoms with Crippen LogP contribution in [0.15, 0.2) is 16.6 Å². The molecule has 0 unspecified atom stereocenters. The van der Waals surface area contributed by atoms with Crippen molar-refractivity contribution in [2.24, 2.45) is 5.92 Å². The van der Waals surface area contributed by atoms with Gasteiger partial charge in [-0.05, 0) is 68.5 Å². The lowest BCUT2D eigenvalue weighted by atomic mass is 9.90. The van der Waals surface area contributed by atoms with Gasteiger partial charge in [-0.2, -0.15) is 0 Å². The second kappa shape index (κ2) is 5.87. The Bertz CT molecular complexity index is 386. The van der Waals surface area contributed by atoms with Gasteiger partial charge in [-0.15, -0.1) is 0 Å². The summed E-state index contributed by atoms with van der Waals surface area (Å²) >= 11 is 3.57. The van der Waals surface area contributed by atoms with Crippen LogP contribution in [0.3, 0.4) is 0 Å². The lowest BCUT2D eigenvalue weighted by Crippen LogP contribution is -2.28. The molecule has 0 radical (unpaired) electrons. The second-order valence-corrected chi connectivity index (χ2v) is 5.73. The monoisotopic (exact) mass is 297 g/mol. The minimum atomic E-state index is 0.791. The Hall–Kier alpha value is -0.540. The van der Waals surface area contributed by atoms with Crippen LogP contribution in [0.2, 0.25) is 0 Å². The third-order valence-electron chi connectivity index (χ3n) is 3.49. The quantitative estimate of drug-likeness (QED) is 0.924. The van der Waals surface area contributed by atoms with Crippen LogP contribution in [0.25, 0.3) is 0 Å². The van der Waals surface area contributed by atoms with Gasteiger partial charge in [0, 0.05) is 4.47 Å². The minimum Gasteiger partial charge on any atom is -0.496 e. The van der Waals surface area contributed by atoms with E-state index in [4.69, 9.17) is 4.74 Å². The average Bonchev–Trinajstić information content (AvgIpc) is 2.30. The van der Waals surface area contributed by atoms with Crippen molar-refractivity contribution in [2.75, 3.05) is 20.2 Å². The molecule has 0 spiro atoms. The Morgan fingerprint density at radius 1 is 1.35 bits per heavy atom. The van der Waals surface area contributed by atoms with Crippen LogP contribution in [0.4, 0.5) is 0 Å². The fourth-order valence-electron chi connectivity index (χ4n) is 2.64. The Balaban J connectivity index is 2.18. The fourth-order valence-corrected chi connectivity index (χ4v) is 3.26. The molecule has 2 nitrogen and oxygen atoms in total. The molecule has 3 heteroatoms. The van der Waals surface area contributed by atoms with Crippen LogP contribution in [0, 0.1) is 12.8 Å². The first kappa shape index (κ1) is 12.9. The maximum absolute atomic E-state index is 5.54. The van der Waals surface area contributed by atoms with E-state index in [9.17, 15) is 0 Å². The molecule has 0 aromatic heterocycles. The summed E-state index contributed by atoms with van der Waals surface area (Å²) in [5.41, 5.74) is 2.55. The molecule has 1 aromatic rings. The number of methoxy groups -OCH3 is 1. The first-order chi connectivity index (χ1) is 8.20. The van der Waals surface area contributed by atoms with Crippen molar-refractivity contribution in [2.45, 2.75) is 26.2 Å². The number of aryl methyl sites for hydroxylation is 1. The van der Waals surface area contributed by atoms with Gasteiger partial charge >= 0.3 is 0 Å². The van der Waals surface area contributed by atoms with Gasteiger partial charge in [-0.1, -0.05) is 15.9 Å². The Labute approximate surface area is 112 Å². The zero-order valence-electron chi connectivity index (χ0n) is 10.6. The van der Waals surface area contributed by atoms with Gasteiger partial charge in [0.05, 0.1) is 7.11 Å². The average molecular weight is 298 g/mol. The summed E-state index contributed by atoms with van der Waals surface area (Å²) in [4.78, 5) is 0. The lowest BCUT2D eigenvalue weighted by Gasteiger charge is -2.24. The van der Waals surface area contributed by atoms with Crippen LogP contribution in [-0.2, 0) is 6.42 Å². The molecule has 1 aliphatic rings. The molecule has 1 N–H and O–H groups in total. The zero-order chi connectivity index (χ0) is 12.3. The van der Waals surface area contributed by atoms with Gasteiger partial charge in [0.1, 0.15) is 5.75 Å². The zero-order valence-corrected chi connectivity index (χ0v) is 12.1. The molecule has 0 amide bonds. The SMILES string of the molecule is COc1c(C)cc(Br)cc1CC1CCNCC1. The summed E-state index contributed by atoms with van der Waals surface area (Å²) in [7, 11) is 1.77. The number of halogens is 1. The molecule has 0 atom stereocenters. The molecule has 1 aromatic carbocycles. The molecule has 1 heterocycles. The Morgan fingerprint density at radius 2 is 2.06 bits per heavy atom. The summed E-state index contributed by atoms with van der Waals surface area (Å²) in [6, 6.07) is 4.32. The third kappa shape index (κ3) is 3.23. The van der Waals surface area contributed by atoms with Crippen molar-refractivity contribution in [1.29, 1.82) is 0 Å². The molecule has 17 heavy (non-hydrogen) atoms. The molecule has 94 valence electrons. The number of ether oxygens (including phenoxy) is 1. The van der Waals surface area contributed by atoms with Crippen molar-refractivity contribution >= 4 is 15.9 Å². The van der Waals surface area contributed by atoms with Crippen LogP contribution < -0.4 is 10.1 Å². The van der Waals surface area contributed by atoms with E-state index in [0.29, 0.717) is 0 Å². The molecule has 1 aliphatic heterocycles. The first-order valence-corrected chi connectivity index (χ1v) is 7.03. The van der Waals surface area contributed by atoms with E-state index in [1.807, 2.05) is 0 Å². The number of hydrogen-bond acceptors (Lipinski definition) is 2. The molecule has 0 bridgehead atoms. The van der Waals surface area contributed by atoms with E-state index in [-0.39, 0.29) is 0 Å². The van der Waals surface area contributed by atoms with Crippen molar-refractivity contribution in [3.05, 3.63) is 27.7 Å². The number of benzene rings is 1. The predicted molar refractivity (Wildman–Crippen MR) is 74.7 cm³/mol. The Morgan fingerprint density at radius 3 is 2.71 bits per heavy atom. The van der Waals surface area contributed by atoms with E-state index in [2.05, 4.69) is 40.3 Å². The second-order valence-electron chi connectivity index (χ2n) is 4.81. The highest BCUT2D eigenvalue weighted by molar-refractivity contribution is 9.10. The topological polar surface area (TPSA) is 21.3 Å². The van der Waals surface area contributed by atoms with Crippen molar-refractivity contribution in [1.82, 2.24) is 5.32 Å². The van der Waals surface area contributed by atoms with Gasteiger partial charge in [-0.25, -0.2) is 0 Å². The van der Waals surface area contributed by atoms with Crippen LogP contribution in [0.1, 0.15) is 24.0 Å². The van der Waals surface area contributed by atoms with Gasteiger partial charge in [0.25, 0.3) is 0 Å². The van der Waals surface area contributed by atoms with Crippen LogP contribution >= 0.6 is 15.9 Å². The molecule has 1 fully saturated rings. The van der Waals surface area contributed by atoms with Crippen molar-refractivity contribution in [3.8, 4) is 5.75 Å². The number of piperidine rings is 1. The van der Waals surface area contributed by atoms with E-state index in [1.54, 1.807) is 7.11 Å². The van der Waals surface area contributed by atoms with Gasteiger partial charge < -0.3 is 10.1 Å². The summed E-state index contributed by atoms with van der Waals surface area (Å²) in [6.07, 6.45) is 3.68. The number of nitrogens with one attached hydrogen (secondary N) is 1. The van der Waals surface area contributed by atoms with Crippen LogP contribution in [0.5, 0.6) is 5.75 Å².